The van der Waals surface area contributed by atoms with E-state index in [1.165, 1.54) is 0 Å². The topological polar surface area (TPSA) is 50.2 Å². The molecule has 2 aromatic rings. The van der Waals surface area contributed by atoms with Crippen LogP contribution in [0.5, 0.6) is 0 Å². The zero-order valence-electron chi connectivity index (χ0n) is 10.6. The fourth-order valence-corrected chi connectivity index (χ4v) is 2.72. The molecule has 3 nitrogen and oxygen atoms in total. The third kappa shape index (κ3) is 2.21. The molecule has 100 valence electrons. The molecule has 1 aromatic carbocycles. The predicted octanol–water partition coefficient (Wildman–Crippen LogP) is 3.81. The van der Waals surface area contributed by atoms with E-state index in [2.05, 4.69) is 11.1 Å². The van der Waals surface area contributed by atoms with Crippen molar-refractivity contribution in [2.45, 2.75) is 12.8 Å². The van der Waals surface area contributed by atoms with Gasteiger partial charge in [-0.3, -0.25) is 0 Å². The number of aryl methyl sites for hydroxylation is 1. The molecule has 1 aliphatic rings. The van der Waals surface area contributed by atoms with Crippen molar-refractivity contribution in [3.8, 4) is 0 Å². The summed E-state index contributed by atoms with van der Waals surface area (Å²) in [4.78, 5) is 15.2. The average Bonchev–Trinajstić information content (AvgIpc) is 2.46. The first kappa shape index (κ1) is 12.9. The smallest absolute Gasteiger partial charge is 0.335 e. The van der Waals surface area contributed by atoms with Crippen molar-refractivity contribution in [1.29, 1.82) is 0 Å². The van der Waals surface area contributed by atoms with Gasteiger partial charge in [0.2, 0.25) is 0 Å². The number of carbonyl (C=O) groups is 1. The lowest BCUT2D eigenvalue weighted by Crippen LogP contribution is -2.05. The van der Waals surface area contributed by atoms with Crippen LogP contribution in [0.15, 0.2) is 42.6 Å². The van der Waals surface area contributed by atoms with Gasteiger partial charge in [0.15, 0.2) is 0 Å². The molecule has 0 atom stereocenters. The van der Waals surface area contributed by atoms with E-state index in [1.807, 2.05) is 18.2 Å². The predicted molar refractivity (Wildman–Crippen MR) is 78.0 cm³/mol. The van der Waals surface area contributed by atoms with Gasteiger partial charge in [0, 0.05) is 11.8 Å². The minimum Gasteiger partial charge on any atom is -0.478 e. The number of hydrogen-bond donors (Lipinski definition) is 1. The van der Waals surface area contributed by atoms with Gasteiger partial charge >= 0.3 is 5.97 Å². The van der Waals surface area contributed by atoms with Crippen LogP contribution >= 0.6 is 11.6 Å². The molecular formula is C16H12ClNO2. The lowest BCUT2D eigenvalue weighted by Gasteiger charge is -2.19. The molecular weight excluding hydrogens is 274 g/mol. The van der Waals surface area contributed by atoms with Crippen molar-refractivity contribution in [2.24, 2.45) is 0 Å². The van der Waals surface area contributed by atoms with Crippen molar-refractivity contribution in [1.82, 2.24) is 4.98 Å². The number of fused-ring (bicyclic) bond motifs is 1. The van der Waals surface area contributed by atoms with Gasteiger partial charge in [-0.05, 0) is 53.8 Å². The third-order valence-corrected chi connectivity index (χ3v) is 3.76. The van der Waals surface area contributed by atoms with Crippen molar-refractivity contribution in [2.75, 3.05) is 0 Å². The number of halogens is 1. The fraction of sp³-hybridized carbons (Fsp3) is 0.125. The Balaban J connectivity index is 2.17. The zero-order valence-corrected chi connectivity index (χ0v) is 11.4. The van der Waals surface area contributed by atoms with Gasteiger partial charge in [0.05, 0.1) is 5.56 Å². The van der Waals surface area contributed by atoms with Crippen LogP contribution in [0.2, 0.25) is 5.15 Å². The summed E-state index contributed by atoms with van der Waals surface area (Å²) in [5.74, 6) is -0.921. The highest BCUT2D eigenvalue weighted by Gasteiger charge is 2.18. The fourth-order valence-electron chi connectivity index (χ4n) is 2.50. The van der Waals surface area contributed by atoms with Crippen molar-refractivity contribution < 1.29 is 9.90 Å². The number of hydrogen-bond acceptors (Lipinski definition) is 2. The standard InChI is InChI=1S/C16H12ClNO2/c17-15-13(5-2-8-18-15)12-4-1-3-10-6-7-11(16(19)20)9-14(10)12/h2,4-9H,1,3H2,(H,19,20). The van der Waals surface area contributed by atoms with E-state index in [-0.39, 0.29) is 5.56 Å². The van der Waals surface area contributed by atoms with Crippen LogP contribution in [0, 0.1) is 0 Å². The summed E-state index contributed by atoms with van der Waals surface area (Å²) < 4.78 is 0. The first-order chi connectivity index (χ1) is 9.66. The van der Waals surface area contributed by atoms with E-state index in [0.29, 0.717) is 5.15 Å². The second-order valence-corrected chi connectivity index (χ2v) is 5.03. The van der Waals surface area contributed by atoms with E-state index in [4.69, 9.17) is 16.7 Å². The van der Waals surface area contributed by atoms with Crippen LogP contribution in [-0.4, -0.2) is 16.1 Å². The van der Waals surface area contributed by atoms with Crippen LogP contribution in [0.4, 0.5) is 0 Å². The molecule has 0 aliphatic heterocycles. The van der Waals surface area contributed by atoms with E-state index < -0.39 is 5.97 Å². The summed E-state index contributed by atoms with van der Waals surface area (Å²) >= 11 is 6.16. The number of aromatic nitrogens is 1. The molecule has 0 fully saturated rings. The molecule has 0 unspecified atom stereocenters. The molecule has 3 rings (SSSR count). The van der Waals surface area contributed by atoms with E-state index in [1.54, 1.807) is 18.3 Å². The number of nitrogens with zero attached hydrogens (tertiary/aromatic N) is 1. The van der Waals surface area contributed by atoms with Crippen LogP contribution in [0.3, 0.4) is 0 Å². The maximum Gasteiger partial charge on any atom is 0.335 e. The average molecular weight is 286 g/mol. The van der Waals surface area contributed by atoms with Gasteiger partial charge in [-0.25, -0.2) is 9.78 Å². The van der Waals surface area contributed by atoms with Crippen LogP contribution in [0.25, 0.3) is 5.57 Å². The van der Waals surface area contributed by atoms with Crippen molar-refractivity contribution in [3.63, 3.8) is 0 Å². The lowest BCUT2D eigenvalue weighted by molar-refractivity contribution is 0.0697. The molecule has 0 saturated carbocycles. The monoisotopic (exact) mass is 285 g/mol. The zero-order chi connectivity index (χ0) is 14.1. The molecule has 1 heterocycles. The Bertz CT molecular complexity index is 722. The molecule has 1 aromatic heterocycles. The number of benzene rings is 1. The number of carboxylic acid groups (broad SMARTS) is 1. The Morgan fingerprint density at radius 2 is 2.10 bits per heavy atom. The first-order valence-electron chi connectivity index (χ1n) is 6.34. The summed E-state index contributed by atoms with van der Waals surface area (Å²) in [6.45, 7) is 0. The quantitative estimate of drug-likeness (QED) is 0.854. The van der Waals surface area contributed by atoms with Gasteiger partial charge in [-0.15, -0.1) is 0 Å². The molecule has 0 amide bonds. The molecule has 20 heavy (non-hydrogen) atoms. The Kier molecular flexibility index (Phi) is 3.28. The summed E-state index contributed by atoms with van der Waals surface area (Å²) in [7, 11) is 0. The molecule has 0 bridgehead atoms. The Morgan fingerprint density at radius 3 is 2.85 bits per heavy atom. The second kappa shape index (κ2) is 5.10. The second-order valence-electron chi connectivity index (χ2n) is 4.68. The summed E-state index contributed by atoms with van der Waals surface area (Å²) in [5, 5.41) is 9.58. The molecule has 1 aliphatic carbocycles. The maximum absolute atomic E-state index is 11.1. The summed E-state index contributed by atoms with van der Waals surface area (Å²) in [6.07, 6.45) is 5.57. The molecule has 0 radical (unpaired) electrons. The maximum atomic E-state index is 11.1. The molecule has 0 saturated heterocycles. The highest BCUT2D eigenvalue weighted by Crippen LogP contribution is 2.34. The number of carboxylic acids is 1. The lowest BCUT2D eigenvalue weighted by atomic mass is 9.86. The highest BCUT2D eigenvalue weighted by molar-refractivity contribution is 6.31. The van der Waals surface area contributed by atoms with E-state index in [9.17, 15) is 4.79 Å². The van der Waals surface area contributed by atoms with E-state index >= 15 is 0 Å². The number of pyridine rings is 1. The SMILES string of the molecule is O=C(O)c1ccc2c(c1)C(c1cccnc1Cl)=CCC2. The van der Waals surface area contributed by atoms with E-state index in [0.717, 1.165) is 35.1 Å². The Morgan fingerprint density at radius 1 is 1.25 bits per heavy atom. The summed E-state index contributed by atoms with van der Waals surface area (Å²) in [6, 6.07) is 8.98. The molecule has 0 spiro atoms. The summed E-state index contributed by atoms with van der Waals surface area (Å²) in [5.41, 5.74) is 4.18. The van der Waals surface area contributed by atoms with Gasteiger partial charge in [-0.1, -0.05) is 23.7 Å². The normalized spacial score (nSPS) is 13.6. The number of rotatable bonds is 2. The first-order valence-corrected chi connectivity index (χ1v) is 6.72. The van der Waals surface area contributed by atoms with Crippen molar-refractivity contribution in [3.05, 3.63) is 70.0 Å². The largest absolute Gasteiger partial charge is 0.478 e. The third-order valence-electron chi connectivity index (χ3n) is 3.46. The number of allylic oxidation sites excluding steroid dienone is 1. The van der Waals surface area contributed by atoms with Gasteiger partial charge in [0.25, 0.3) is 0 Å². The van der Waals surface area contributed by atoms with Gasteiger partial charge in [-0.2, -0.15) is 0 Å². The Labute approximate surface area is 121 Å². The highest BCUT2D eigenvalue weighted by atomic mass is 35.5. The Hall–Kier alpha value is -2.13. The minimum absolute atomic E-state index is 0.288. The van der Waals surface area contributed by atoms with Crippen molar-refractivity contribution >= 4 is 23.1 Å². The van der Waals surface area contributed by atoms with Gasteiger partial charge < -0.3 is 5.11 Å². The van der Waals surface area contributed by atoms with Crippen LogP contribution < -0.4 is 0 Å². The van der Waals surface area contributed by atoms with Crippen LogP contribution in [-0.2, 0) is 6.42 Å². The number of aromatic carboxylic acids is 1. The van der Waals surface area contributed by atoms with Crippen LogP contribution in [0.1, 0.15) is 33.5 Å². The molecule has 1 N–H and O–H groups in total. The minimum atomic E-state index is -0.921. The molecule has 4 heteroatoms. The van der Waals surface area contributed by atoms with Gasteiger partial charge in [0.1, 0.15) is 5.15 Å².